The molecule has 4 aliphatic rings. The summed E-state index contributed by atoms with van der Waals surface area (Å²) in [6.07, 6.45) is -2.87. The van der Waals surface area contributed by atoms with E-state index in [1.165, 1.54) is 0 Å². The number of rotatable bonds is 13. The van der Waals surface area contributed by atoms with Crippen molar-refractivity contribution in [2.24, 2.45) is 0 Å². The van der Waals surface area contributed by atoms with E-state index in [1.54, 1.807) is 66.8 Å². The maximum Gasteiger partial charge on any atom is 0.338 e. The van der Waals surface area contributed by atoms with Crippen molar-refractivity contribution in [2.75, 3.05) is 26.4 Å². The van der Waals surface area contributed by atoms with Crippen molar-refractivity contribution in [2.45, 2.75) is 80.6 Å². The summed E-state index contributed by atoms with van der Waals surface area (Å²) in [4.78, 5) is 39.6. The Bertz CT molecular complexity index is 1960. The largest absolute Gasteiger partial charge is 0.456 e. The highest BCUT2D eigenvalue weighted by molar-refractivity contribution is 5.95. The molecule has 7 rings (SSSR count). The predicted octanol–water partition coefficient (Wildman–Crippen LogP) is 0.689. The van der Waals surface area contributed by atoms with Crippen molar-refractivity contribution in [3.05, 3.63) is 124 Å². The minimum atomic E-state index is -1.54. The van der Waals surface area contributed by atoms with Crippen LogP contribution in [0.5, 0.6) is 0 Å². The van der Waals surface area contributed by atoms with Gasteiger partial charge in [0.15, 0.2) is 12.1 Å². The number of ether oxygens (including phenoxy) is 5. The number of hydrogen-bond acceptors (Lipinski definition) is 13. The van der Waals surface area contributed by atoms with Crippen molar-refractivity contribution in [3.63, 3.8) is 0 Å². The summed E-state index contributed by atoms with van der Waals surface area (Å²) in [6, 6.07) is 21.4. The van der Waals surface area contributed by atoms with Gasteiger partial charge in [0.05, 0.1) is 25.4 Å². The molecule has 0 bridgehead atoms. The molecule has 8 atom stereocenters. The summed E-state index contributed by atoms with van der Waals surface area (Å²) in [7, 11) is 0. The second kappa shape index (κ2) is 17.8. The first-order valence-corrected chi connectivity index (χ1v) is 18.9. The molecule has 2 fully saturated rings. The number of carbonyl (C=O) groups excluding carboxylic acids is 3. The maximum absolute atomic E-state index is 13.6. The lowest BCUT2D eigenvalue weighted by atomic mass is 9.91. The van der Waals surface area contributed by atoms with Gasteiger partial charge in [0.1, 0.15) is 42.7 Å². The topological polar surface area (TPSA) is 223 Å². The summed E-state index contributed by atoms with van der Waals surface area (Å²) >= 11 is 0. The van der Waals surface area contributed by atoms with Gasteiger partial charge in [-0.3, -0.25) is 9.59 Å². The standard InChI is InChI=1S/C42H46N2O13/c45-15-14-43-38(50)27-9-3-5-25(17-27)22-44-39(51)30-18-31(37-32(19-30)56-42(57-37)20-28-7-1-2-8-29(28)21-42)54-40(52)26-12-10-24(11-13-26)6-4-16-53-41-36(49)35(48)34(47)33(23-46)55-41/h1-13,17,19,31-37,41,45-49H,14-16,18,20-23H2,(H,43,50)(H,44,51)/t31-,32-,33-,34+,35+,36-,37+,41+/m1/s1. The second-order valence-corrected chi connectivity index (χ2v) is 14.5. The molecule has 0 saturated carbocycles. The van der Waals surface area contributed by atoms with E-state index in [4.69, 9.17) is 28.8 Å². The molecule has 2 aliphatic heterocycles. The van der Waals surface area contributed by atoms with Gasteiger partial charge in [-0.05, 0) is 52.6 Å². The summed E-state index contributed by atoms with van der Waals surface area (Å²) < 4.78 is 30.1. The van der Waals surface area contributed by atoms with E-state index in [0.29, 0.717) is 29.5 Å². The molecule has 1 spiro atoms. The molecule has 2 saturated heterocycles. The number of fused-ring (bicyclic) bond motifs is 2. The van der Waals surface area contributed by atoms with E-state index in [2.05, 4.69) is 10.6 Å². The minimum Gasteiger partial charge on any atom is -0.456 e. The quantitative estimate of drug-likeness (QED) is 0.119. The van der Waals surface area contributed by atoms with Gasteiger partial charge in [-0.25, -0.2) is 4.79 Å². The summed E-state index contributed by atoms with van der Waals surface area (Å²) in [6.45, 7) is -0.511. The van der Waals surface area contributed by atoms with Crippen LogP contribution in [0.1, 0.15) is 49.4 Å². The zero-order chi connectivity index (χ0) is 40.1. The Morgan fingerprint density at radius 1 is 0.842 bits per heavy atom. The minimum absolute atomic E-state index is 0.0241. The van der Waals surface area contributed by atoms with Gasteiger partial charge < -0.3 is 59.9 Å². The van der Waals surface area contributed by atoms with Crippen LogP contribution in [0.4, 0.5) is 0 Å². The fourth-order valence-electron chi connectivity index (χ4n) is 7.53. The van der Waals surface area contributed by atoms with Crippen molar-refractivity contribution in [3.8, 4) is 0 Å². The smallest absolute Gasteiger partial charge is 0.338 e. The summed E-state index contributed by atoms with van der Waals surface area (Å²) in [5, 5.41) is 54.0. The lowest BCUT2D eigenvalue weighted by Gasteiger charge is -2.39. The summed E-state index contributed by atoms with van der Waals surface area (Å²) in [5.74, 6) is -2.30. The van der Waals surface area contributed by atoms with Gasteiger partial charge in [0, 0.05) is 43.5 Å². The molecule has 2 aliphatic carbocycles. The highest BCUT2D eigenvalue weighted by Crippen LogP contribution is 2.45. The third-order valence-corrected chi connectivity index (χ3v) is 10.5. The first-order valence-electron chi connectivity index (χ1n) is 18.9. The Kier molecular flexibility index (Phi) is 12.6. The lowest BCUT2D eigenvalue weighted by molar-refractivity contribution is -0.298. The van der Waals surface area contributed by atoms with Crippen LogP contribution >= 0.6 is 0 Å². The van der Waals surface area contributed by atoms with Gasteiger partial charge in [0.25, 0.3) is 5.91 Å². The van der Waals surface area contributed by atoms with Crippen LogP contribution < -0.4 is 10.6 Å². The highest BCUT2D eigenvalue weighted by atomic mass is 16.8. The number of aliphatic hydroxyl groups is 5. The van der Waals surface area contributed by atoms with Crippen LogP contribution in [0, 0.1) is 0 Å². The SMILES string of the molecule is O=C(NCc1cccc(C(=O)NCCO)c1)C1=C[C@H]2OC3(Cc4ccccc4C3)O[C@H]2[C@H](OC(=O)c2ccc(C=CCO[C@H]3O[C@H](CO)[C@H](O)[C@H](O)[C@H]3O)cc2)C1. The Hall–Kier alpha value is -4.81. The second-order valence-electron chi connectivity index (χ2n) is 14.5. The van der Waals surface area contributed by atoms with E-state index >= 15 is 0 Å². The third-order valence-electron chi connectivity index (χ3n) is 10.5. The fourth-order valence-corrected chi connectivity index (χ4v) is 7.53. The molecule has 7 N–H and O–H groups in total. The normalized spacial score (nSPS) is 27.4. The molecule has 0 unspecified atom stereocenters. The first kappa shape index (κ1) is 40.4. The van der Waals surface area contributed by atoms with E-state index in [-0.39, 0.29) is 50.1 Å². The molecule has 3 aromatic carbocycles. The number of aliphatic hydroxyl groups excluding tert-OH is 5. The number of hydrogen-bond donors (Lipinski definition) is 7. The van der Waals surface area contributed by atoms with E-state index in [0.717, 1.165) is 16.7 Å². The molecule has 2 heterocycles. The molecule has 57 heavy (non-hydrogen) atoms. The molecular weight excluding hydrogens is 740 g/mol. The maximum atomic E-state index is 13.6. The van der Waals surface area contributed by atoms with Crippen molar-refractivity contribution in [1.82, 2.24) is 10.6 Å². The van der Waals surface area contributed by atoms with Gasteiger partial charge in [-0.1, -0.05) is 60.7 Å². The predicted molar refractivity (Wildman–Crippen MR) is 201 cm³/mol. The van der Waals surface area contributed by atoms with Gasteiger partial charge in [0.2, 0.25) is 5.91 Å². The van der Waals surface area contributed by atoms with Crippen molar-refractivity contribution in [1.29, 1.82) is 0 Å². The monoisotopic (exact) mass is 786 g/mol. The molecule has 15 heteroatoms. The van der Waals surface area contributed by atoms with Crippen LogP contribution in [0.3, 0.4) is 0 Å². The third kappa shape index (κ3) is 9.17. The lowest BCUT2D eigenvalue weighted by Crippen LogP contribution is -2.59. The van der Waals surface area contributed by atoms with E-state index in [9.17, 15) is 34.8 Å². The fraction of sp³-hybridized carbons (Fsp3) is 0.405. The number of benzene rings is 3. The molecule has 2 amide bonds. The summed E-state index contributed by atoms with van der Waals surface area (Å²) in [5.41, 5.74) is 4.66. The average Bonchev–Trinajstić information content (AvgIpc) is 3.78. The Morgan fingerprint density at radius 3 is 2.32 bits per heavy atom. The molecule has 302 valence electrons. The number of esters is 1. The number of amides is 2. The van der Waals surface area contributed by atoms with E-state index < -0.39 is 67.4 Å². The van der Waals surface area contributed by atoms with Crippen LogP contribution in [0.15, 0.2) is 90.5 Å². The van der Waals surface area contributed by atoms with Gasteiger partial charge >= 0.3 is 5.97 Å². The zero-order valence-electron chi connectivity index (χ0n) is 30.9. The van der Waals surface area contributed by atoms with Crippen LogP contribution in [-0.2, 0) is 47.9 Å². The zero-order valence-corrected chi connectivity index (χ0v) is 30.9. The average molecular weight is 787 g/mol. The molecule has 3 aromatic rings. The molecule has 15 nitrogen and oxygen atoms in total. The molecule has 0 radical (unpaired) electrons. The van der Waals surface area contributed by atoms with Crippen LogP contribution in [-0.4, -0.2) is 124 Å². The number of carbonyl (C=O) groups is 3. The molecular formula is C42H46N2O13. The van der Waals surface area contributed by atoms with Gasteiger partial charge in [-0.15, -0.1) is 0 Å². The Labute approximate surface area is 328 Å². The van der Waals surface area contributed by atoms with Crippen molar-refractivity contribution < 1.29 is 63.6 Å². The number of nitrogens with one attached hydrogen (secondary N) is 2. The van der Waals surface area contributed by atoms with Gasteiger partial charge in [-0.2, -0.15) is 0 Å². The van der Waals surface area contributed by atoms with E-state index in [1.807, 2.05) is 24.3 Å². The first-order chi connectivity index (χ1) is 27.6. The highest BCUT2D eigenvalue weighted by Gasteiger charge is 2.55. The van der Waals surface area contributed by atoms with Crippen LogP contribution in [0.2, 0.25) is 0 Å². The Balaban J connectivity index is 0.999. The van der Waals surface area contributed by atoms with Crippen molar-refractivity contribution >= 4 is 23.9 Å². The Morgan fingerprint density at radius 2 is 1.60 bits per heavy atom. The van der Waals surface area contributed by atoms with Crippen LogP contribution in [0.25, 0.3) is 6.08 Å². The molecule has 0 aromatic heterocycles.